The van der Waals surface area contributed by atoms with Crippen molar-refractivity contribution in [3.63, 3.8) is 0 Å². The highest BCUT2D eigenvalue weighted by atomic mass is 32.1. The number of nitrogens with zero attached hydrogens (tertiary/aromatic N) is 1. The third-order valence-electron chi connectivity index (χ3n) is 9.54. The van der Waals surface area contributed by atoms with Gasteiger partial charge in [0.2, 0.25) is 0 Å². The lowest BCUT2D eigenvalue weighted by Gasteiger charge is -2.14. The number of hydrogen-bond acceptors (Lipinski definition) is 2. The zero-order valence-corrected chi connectivity index (χ0v) is 25.2. The fourth-order valence-electron chi connectivity index (χ4n) is 7.37. The number of benzene rings is 6. The molecule has 3 aromatic heterocycles. The van der Waals surface area contributed by atoms with E-state index in [0.717, 1.165) is 28.4 Å². The van der Waals surface area contributed by atoms with Crippen molar-refractivity contribution < 1.29 is 4.42 Å². The van der Waals surface area contributed by atoms with Crippen LogP contribution in [0, 0.1) is 0 Å². The van der Waals surface area contributed by atoms with E-state index < -0.39 is 0 Å². The van der Waals surface area contributed by atoms with Gasteiger partial charge in [-0.15, -0.1) is 11.3 Å². The molecule has 0 fully saturated rings. The summed E-state index contributed by atoms with van der Waals surface area (Å²) in [5, 5.41) is 7.58. The van der Waals surface area contributed by atoms with Crippen molar-refractivity contribution in [1.29, 1.82) is 0 Å². The lowest BCUT2D eigenvalue weighted by Crippen LogP contribution is -1.96. The average Bonchev–Trinajstić information content (AvgIpc) is 3.76. The number of para-hydroxylation sites is 2. The van der Waals surface area contributed by atoms with Gasteiger partial charge in [0, 0.05) is 53.3 Å². The third kappa shape index (κ3) is 3.74. The van der Waals surface area contributed by atoms with E-state index in [1.165, 1.54) is 64.4 Å². The maximum atomic E-state index is 6.07. The summed E-state index contributed by atoms with van der Waals surface area (Å²) < 4.78 is 11.3. The number of allylic oxidation sites excluding steroid dienone is 4. The number of fused-ring (bicyclic) bond motifs is 9. The molecule has 1 unspecified atom stereocenters. The van der Waals surface area contributed by atoms with Crippen LogP contribution in [-0.2, 0) is 0 Å². The summed E-state index contributed by atoms with van der Waals surface area (Å²) in [5.41, 5.74) is 9.31. The molecule has 3 heteroatoms. The molecule has 1 atom stereocenters. The fourth-order valence-corrected chi connectivity index (χ4v) is 8.67. The van der Waals surface area contributed by atoms with E-state index >= 15 is 0 Å². The number of furan rings is 1. The summed E-state index contributed by atoms with van der Waals surface area (Å²) >= 11 is 1.94. The highest BCUT2D eigenvalue weighted by molar-refractivity contribution is 7.26. The van der Waals surface area contributed by atoms with Crippen molar-refractivity contribution in [3.8, 4) is 16.8 Å². The molecule has 0 spiro atoms. The van der Waals surface area contributed by atoms with Gasteiger partial charge in [-0.3, -0.25) is 0 Å². The monoisotopic (exact) mass is 593 g/mol. The van der Waals surface area contributed by atoms with Crippen molar-refractivity contribution in [2.75, 3.05) is 0 Å². The summed E-state index contributed by atoms with van der Waals surface area (Å²) in [5.74, 6) is 0.433. The molecule has 10 rings (SSSR count). The molecule has 3 heterocycles. The molecule has 0 bridgehead atoms. The van der Waals surface area contributed by atoms with Gasteiger partial charge in [0.15, 0.2) is 0 Å². The van der Waals surface area contributed by atoms with Gasteiger partial charge in [-0.25, -0.2) is 0 Å². The molecule has 0 saturated carbocycles. The first kappa shape index (κ1) is 25.0. The molecule has 1 aliphatic rings. The average molecular weight is 594 g/mol. The van der Waals surface area contributed by atoms with Gasteiger partial charge < -0.3 is 8.98 Å². The zero-order chi connectivity index (χ0) is 29.5. The highest BCUT2D eigenvalue weighted by Gasteiger charge is 2.19. The van der Waals surface area contributed by atoms with E-state index in [2.05, 4.69) is 138 Å². The van der Waals surface area contributed by atoms with Gasteiger partial charge in [-0.2, -0.15) is 0 Å². The minimum absolute atomic E-state index is 0.433. The van der Waals surface area contributed by atoms with Gasteiger partial charge in [-0.05, 0) is 71.6 Å². The third-order valence-corrected chi connectivity index (χ3v) is 10.8. The predicted octanol–water partition coefficient (Wildman–Crippen LogP) is 12.3. The second-order valence-electron chi connectivity index (χ2n) is 12.1. The molecule has 0 radical (unpaired) electrons. The quantitative estimate of drug-likeness (QED) is 0.199. The van der Waals surface area contributed by atoms with Crippen LogP contribution in [0.5, 0.6) is 0 Å². The van der Waals surface area contributed by atoms with Crippen molar-refractivity contribution in [1.82, 2.24) is 4.57 Å². The van der Waals surface area contributed by atoms with Crippen LogP contribution in [0.3, 0.4) is 0 Å². The van der Waals surface area contributed by atoms with Crippen molar-refractivity contribution in [3.05, 3.63) is 151 Å². The second kappa shape index (κ2) is 9.56. The molecule has 0 N–H and O–H groups in total. The van der Waals surface area contributed by atoms with E-state index in [0.29, 0.717) is 5.92 Å². The number of thiophene rings is 1. The summed E-state index contributed by atoms with van der Waals surface area (Å²) in [6, 6.07) is 44.3. The molecule has 1 aliphatic carbocycles. The van der Waals surface area contributed by atoms with Crippen LogP contribution in [-0.4, -0.2) is 4.57 Å². The second-order valence-corrected chi connectivity index (χ2v) is 13.1. The summed E-state index contributed by atoms with van der Waals surface area (Å²) in [7, 11) is 0. The molecule has 212 valence electrons. The summed E-state index contributed by atoms with van der Waals surface area (Å²) in [6.45, 7) is 0. The van der Waals surface area contributed by atoms with Gasteiger partial charge in [0.1, 0.15) is 11.2 Å². The van der Waals surface area contributed by atoms with Crippen LogP contribution in [0.4, 0.5) is 0 Å². The van der Waals surface area contributed by atoms with Crippen LogP contribution < -0.4 is 0 Å². The maximum absolute atomic E-state index is 6.07. The molecule has 0 aliphatic heterocycles. The summed E-state index contributed by atoms with van der Waals surface area (Å²) in [6.07, 6.45) is 10.0. The van der Waals surface area contributed by atoms with Crippen LogP contribution >= 0.6 is 11.3 Å². The highest BCUT2D eigenvalue weighted by Crippen LogP contribution is 2.44. The molecule has 9 aromatic rings. The van der Waals surface area contributed by atoms with Crippen LogP contribution in [0.2, 0.25) is 0 Å². The Balaban J connectivity index is 1.14. The molecule has 6 aromatic carbocycles. The van der Waals surface area contributed by atoms with E-state index in [1.54, 1.807) is 0 Å². The lowest BCUT2D eigenvalue weighted by atomic mass is 9.91. The molecule has 45 heavy (non-hydrogen) atoms. The van der Waals surface area contributed by atoms with Crippen LogP contribution in [0.25, 0.3) is 80.7 Å². The first-order valence-electron chi connectivity index (χ1n) is 15.5. The Morgan fingerprint density at radius 3 is 2.27 bits per heavy atom. The number of aromatic nitrogens is 1. The number of hydrogen-bond donors (Lipinski definition) is 0. The van der Waals surface area contributed by atoms with Gasteiger partial charge >= 0.3 is 0 Å². The predicted molar refractivity (Wildman–Crippen MR) is 192 cm³/mol. The van der Waals surface area contributed by atoms with Gasteiger partial charge in [0.05, 0.1) is 11.0 Å². The Labute approximate surface area is 263 Å². The minimum Gasteiger partial charge on any atom is -0.456 e. The van der Waals surface area contributed by atoms with Crippen molar-refractivity contribution >= 4 is 75.3 Å². The van der Waals surface area contributed by atoms with E-state index in [4.69, 9.17) is 4.42 Å². The molecular weight excluding hydrogens is 567 g/mol. The van der Waals surface area contributed by atoms with Gasteiger partial charge in [-0.1, -0.05) is 97.1 Å². The lowest BCUT2D eigenvalue weighted by molar-refractivity contribution is 0.669. The van der Waals surface area contributed by atoms with Crippen LogP contribution in [0.1, 0.15) is 17.9 Å². The maximum Gasteiger partial charge on any atom is 0.135 e. The first-order chi connectivity index (χ1) is 22.3. The van der Waals surface area contributed by atoms with Crippen LogP contribution in [0.15, 0.2) is 150 Å². The van der Waals surface area contributed by atoms with Crippen molar-refractivity contribution in [2.45, 2.75) is 12.3 Å². The smallest absolute Gasteiger partial charge is 0.135 e. The van der Waals surface area contributed by atoms with E-state index in [1.807, 2.05) is 23.5 Å². The Kier molecular flexibility index (Phi) is 5.31. The molecule has 0 saturated heterocycles. The molecule has 2 nitrogen and oxygen atoms in total. The Hall–Kier alpha value is -5.38. The molecule has 0 amide bonds. The van der Waals surface area contributed by atoms with Gasteiger partial charge in [0.25, 0.3) is 0 Å². The summed E-state index contributed by atoms with van der Waals surface area (Å²) in [4.78, 5) is 0. The Bertz CT molecular complexity index is 2680. The van der Waals surface area contributed by atoms with Crippen molar-refractivity contribution in [2.24, 2.45) is 0 Å². The zero-order valence-electron chi connectivity index (χ0n) is 24.4. The Morgan fingerprint density at radius 2 is 1.38 bits per heavy atom. The minimum atomic E-state index is 0.433. The largest absolute Gasteiger partial charge is 0.456 e. The van der Waals surface area contributed by atoms with E-state index in [-0.39, 0.29) is 0 Å². The topological polar surface area (TPSA) is 18.1 Å². The first-order valence-corrected chi connectivity index (χ1v) is 16.4. The normalized spacial score (nSPS) is 15.1. The van der Waals surface area contributed by atoms with E-state index in [9.17, 15) is 0 Å². The fraction of sp³-hybridized carbons (Fsp3) is 0.0476. The standard InChI is InChI=1S/C42H27NOS/c1-2-9-27(10-3-1)30-13-8-14-33-36-24-38-34(25-41(36)45-42(30)33)31-11-4-6-15-37(31)43(38)29-20-17-26(18-21-29)28-19-22-40-35(23-28)32-12-5-7-16-39(32)44-40/h1-9,11-25,27H,10H2. The Morgan fingerprint density at radius 1 is 0.578 bits per heavy atom. The number of rotatable bonds is 3. The SMILES string of the molecule is C1=CCC(c2cccc3c2sc2cc4c5ccccc5n(-c5ccc(-c6ccc7oc8ccccc8c7c6)cc5)c4cc23)C=C1. The molecular formula is C42H27NOS.